The van der Waals surface area contributed by atoms with Crippen LogP contribution in [0.5, 0.6) is 5.75 Å². The maximum absolute atomic E-state index is 12.2. The third-order valence-electron chi connectivity index (χ3n) is 4.38. The smallest absolute Gasteiger partial charge is 0.258 e. The Morgan fingerprint density at radius 1 is 1.04 bits per heavy atom. The lowest BCUT2D eigenvalue weighted by atomic mass is 9.99. The van der Waals surface area contributed by atoms with E-state index < -0.39 is 0 Å². The van der Waals surface area contributed by atoms with Crippen LogP contribution in [0.25, 0.3) is 0 Å². The van der Waals surface area contributed by atoms with Gasteiger partial charge in [-0.1, -0.05) is 44.2 Å². The van der Waals surface area contributed by atoms with Crippen molar-refractivity contribution in [3.05, 3.63) is 64.7 Å². The summed E-state index contributed by atoms with van der Waals surface area (Å²) < 4.78 is 5.58. The second-order valence-corrected chi connectivity index (χ2v) is 6.16. The van der Waals surface area contributed by atoms with Crippen molar-refractivity contribution in [3.63, 3.8) is 0 Å². The zero-order chi connectivity index (χ0) is 17.5. The number of nitrogens with one attached hydrogen (secondary N) is 1. The topological polar surface area (TPSA) is 38.3 Å². The Morgan fingerprint density at radius 2 is 1.75 bits per heavy atom. The van der Waals surface area contributed by atoms with E-state index in [0.717, 1.165) is 24.2 Å². The van der Waals surface area contributed by atoms with Gasteiger partial charge in [-0.05, 0) is 61.1 Å². The third kappa shape index (κ3) is 4.85. The molecule has 128 valence electrons. The molecule has 2 aromatic carbocycles. The molecule has 0 spiro atoms. The molecular weight excluding hydrogens is 298 g/mol. The molecule has 2 aromatic rings. The van der Waals surface area contributed by atoms with Crippen molar-refractivity contribution in [1.29, 1.82) is 0 Å². The van der Waals surface area contributed by atoms with E-state index in [-0.39, 0.29) is 18.6 Å². The number of rotatable bonds is 7. The fourth-order valence-electron chi connectivity index (χ4n) is 2.61. The molecule has 0 heterocycles. The van der Waals surface area contributed by atoms with Crippen molar-refractivity contribution >= 4 is 5.91 Å². The van der Waals surface area contributed by atoms with Gasteiger partial charge in [-0.2, -0.15) is 0 Å². The minimum Gasteiger partial charge on any atom is -0.484 e. The standard InChI is InChI=1S/C21H27NO2/c1-5-17-8-11-19(12-9-17)24-14-21(23)22-20(6-2)18-10-7-15(3)16(4)13-18/h7-13,20H,5-6,14H2,1-4H3,(H,22,23)/t20-/m1/s1. The Morgan fingerprint density at radius 3 is 2.33 bits per heavy atom. The number of carbonyl (C=O) groups is 1. The van der Waals surface area contributed by atoms with Crippen molar-refractivity contribution in [3.8, 4) is 5.75 Å². The second kappa shape index (κ2) is 8.53. The Kier molecular flexibility index (Phi) is 6.42. The first kappa shape index (κ1) is 18.1. The van der Waals surface area contributed by atoms with E-state index in [2.05, 4.69) is 51.2 Å². The van der Waals surface area contributed by atoms with Crippen molar-refractivity contribution in [2.24, 2.45) is 0 Å². The van der Waals surface area contributed by atoms with E-state index in [0.29, 0.717) is 0 Å². The van der Waals surface area contributed by atoms with Crippen LogP contribution in [0, 0.1) is 13.8 Å². The number of carbonyl (C=O) groups excluding carboxylic acids is 1. The van der Waals surface area contributed by atoms with Gasteiger partial charge < -0.3 is 10.1 Å². The Bertz CT molecular complexity index is 677. The lowest BCUT2D eigenvalue weighted by molar-refractivity contribution is -0.123. The quantitative estimate of drug-likeness (QED) is 0.813. The van der Waals surface area contributed by atoms with Gasteiger partial charge >= 0.3 is 0 Å². The molecule has 0 saturated carbocycles. The second-order valence-electron chi connectivity index (χ2n) is 6.16. The van der Waals surface area contributed by atoms with E-state index in [4.69, 9.17) is 4.74 Å². The average Bonchev–Trinajstić information content (AvgIpc) is 2.60. The molecule has 1 amide bonds. The summed E-state index contributed by atoms with van der Waals surface area (Å²) in [5.74, 6) is 0.626. The summed E-state index contributed by atoms with van der Waals surface area (Å²) in [5, 5.41) is 3.06. The van der Waals surface area contributed by atoms with Gasteiger partial charge in [-0.25, -0.2) is 0 Å². The summed E-state index contributed by atoms with van der Waals surface area (Å²) in [5.41, 5.74) is 4.90. The zero-order valence-electron chi connectivity index (χ0n) is 15.1. The molecule has 0 aliphatic heterocycles. The first-order chi connectivity index (χ1) is 11.5. The van der Waals surface area contributed by atoms with Crippen LogP contribution in [0.4, 0.5) is 0 Å². The molecule has 3 nitrogen and oxygen atoms in total. The Hall–Kier alpha value is -2.29. The number of amides is 1. The van der Waals surface area contributed by atoms with Gasteiger partial charge in [-0.15, -0.1) is 0 Å². The normalized spacial score (nSPS) is 11.8. The Labute approximate surface area is 145 Å². The van der Waals surface area contributed by atoms with Gasteiger partial charge in [-0.3, -0.25) is 4.79 Å². The molecule has 0 saturated heterocycles. The van der Waals surface area contributed by atoms with E-state index in [1.54, 1.807) is 0 Å². The minimum atomic E-state index is -0.0975. The van der Waals surface area contributed by atoms with Crippen LogP contribution < -0.4 is 10.1 Å². The fraction of sp³-hybridized carbons (Fsp3) is 0.381. The molecule has 2 rings (SSSR count). The predicted octanol–water partition coefficient (Wildman–Crippen LogP) is 4.51. The highest BCUT2D eigenvalue weighted by Gasteiger charge is 2.13. The molecule has 3 heteroatoms. The monoisotopic (exact) mass is 325 g/mol. The van der Waals surface area contributed by atoms with Crippen molar-refractivity contribution in [2.45, 2.75) is 46.6 Å². The van der Waals surface area contributed by atoms with Gasteiger partial charge in [0.25, 0.3) is 5.91 Å². The summed E-state index contributed by atoms with van der Waals surface area (Å²) in [6.45, 7) is 8.41. The van der Waals surface area contributed by atoms with Crippen molar-refractivity contribution in [1.82, 2.24) is 5.32 Å². The maximum Gasteiger partial charge on any atom is 0.258 e. The number of hydrogen-bond donors (Lipinski definition) is 1. The van der Waals surface area contributed by atoms with Crippen LogP contribution in [-0.2, 0) is 11.2 Å². The van der Waals surface area contributed by atoms with E-state index >= 15 is 0 Å². The maximum atomic E-state index is 12.2. The first-order valence-corrected chi connectivity index (χ1v) is 8.61. The van der Waals surface area contributed by atoms with Crippen LogP contribution in [-0.4, -0.2) is 12.5 Å². The molecule has 0 aliphatic carbocycles. The largest absolute Gasteiger partial charge is 0.484 e. The summed E-state index contributed by atoms with van der Waals surface area (Å²) in [6.07, 6.45) is 1.84. The summed E-state index contributed by atoms with van der Waals surface area (Å²) in [4.78, 5) is 12.2. The molecule has 1 N–H and O–H groups in total. The molecule has 0 fully saturated rings. The molecule has 0 bridgehead atoms. The van der Waals surface area contributed by atoms with Crippen LogP contribution in [0.1, 0.15) is 48.6 Å². The van der Waals surface area contributed by atoms with Gasteiger partial charge in [0.2, 0.25) is 0 Å². The zero-order valence-corrected chi connectivity index (χ0v) is 15.1. The number of hydrogen-bond acceptors (Lipinski definition) is 2. The average molecular weight is 325 g/mol. The van der Waals surface area contributed by atoms with Gasteiger partial charge in [0, 0.05) is 0 Å². The fourth-order valence-corrected chi connectivity index (χ4v) is 2.61. The number of ether oxygens (including phenoxy) is 1. The van der Waals surface area contributed by atoms with Gasteiger partial charge in [0.05, 0.1) is 6.04 Å². The summed E-state index contributed by atoms with van der Waals surface area (Å²) in [6, 6.07) is 14.2. The van der Waals surface area contributed by atoms with E-state index in [9.17, 15) is 4.79 Å². The van der Waals surface area contributed by atoms with Gasteiger partial charge in [0.15, 0.2) is 6.61 Å². The minimum absolute atomic E-state index is 0.0165. The molecule has 24 heavy (non-hydrogen) atoms. The molecule has 0 radical (unpaired) electrons. The molecule has 0 aliphatic rings. The lowest BCUT2D eigenvalue weighted by Gasteiger charge is -2.19. The summed E-state index contributed by atoms with van der Waals surface area (Å²) in [7, 11) is 0. The van der Waals surface area contributed by atoms with Crippen molar-refractivity contribution in [2.75, 3.05) is 6.61 Å². The van der Waals surface area contributed by atoms with Crippen LogP contribution in [0.15, 0.2) is 42.5 Å². The van der Waals surface area contributed by atoms with E-state index in [1.165, 1.54) is 16.7 Å². The number of aryl methyl sites for hydroxylation is 3. The van der Waals surface area contributed by atoms with Crippen molar-refractivity contribution < 1.29 is 9.53 Å². The highest BCUT2D eigenvalue weighted by molar-refractivity contribution is 5.78. The summed E-state index contributed by atoms with van der Waals surface area (Å²) >= 11 is 0. The van der Waals surface area contributed by atoms with Crippen LogP contribution >= 0.6 is 0 Å². The molecule has 0 unspecified atom stereocenters. The highest BCUT2D eigenvalue weighted by atomic mass is 16.5. The third-order valence-corrected chi connectivity index (χ3v) is 4.38. The van der Waals surface area contributed by atoms with Crippen LogP contribution in [0.2, 0.25) is 0 Å². The lowest BCUT2D eigenvalue weighted by Crippen LogP contribution is -2.32. The predicted molar refractivity (Wildman–Crippen MR) is 98.4 cm³/mol. The highest BCUT2D eigenvalue weighted by Crippen LogP contribution is 2.20. The molecular formula is C21H27NO2. The SMILES string of the molecule is CCc1ccc(OCC(=O)N[C@H](CC)c2ccc(C)c(C)c2)cc1. The van der Waals surface area contributed by atoms with Gasteiger partial charge in [0.1, 0.15) is 5.75 Å². The first-order valence-electron chi connectivity index (χ1n) is 8.61. The molecule has 1 atom stereocenters. The molecule has 0 aromatic heterocycles. The van der Waals surface area contributed by atoms with Crippen LogP contribution in [0.3, 0.4) is 0 Å². The van der Waals surface area contributed by atoms with E-state index in [1.807, 2.05) is 24.3 Å². The Balaban J connectivity index is 1.92. The number of benzene rings is 2.